The molecule has 3 N–H and O–H groups in total. The Labute approximate surface area is 139 Å². The summed E-state index contributed by atoms with van der Waals surface area (Å²) in [4.78, 5) is 23.6. The van der Waals surface area contributed by atoms with E-state index in [1.165, 1.54) is 19.4 Å². The molecule has 0 aliphatic heterocycles. The van der Waals surface area contributed by atoms with Crippen LogP contribution in [0, 0.1) is 0 Å². The summed E-state index contributed by atoms with van der Waals surface area (Å²) in [6, 6.07) is 13.4. The molecule has 0 spiro atoms. The van der Waals surface area contributed by atoms with Crippen LogP contribution in [0.15, 0.2) is 53.6 Å². The second kappa shape index (κ2) is 8.33. The monoisotopic (exact) mass is 327 g/mol. The molecule has 2 amide bonds. The van der Waals surface area contributed by atoms with Crippen LogP contribution in [0.5, 0.6) is 11.5 Å². The highest BCUT2D eigenvalue weighted by Crippen LogP contribution is 2.22. The van der Waals surface area contributed by atoms with Crippen molar-refractivity contribution in [1.29, 1.82) is 0 Å². The number of para-hydroxylation sites is 3. The maximum absolute atomic E-state index is 11.9. The molecule has 124 valence electrons. The number of hydrazone groups is 1. The lowest BCUT2D eigenvalue weighted by molar-refractivity contribution is -0.126. The van der Waals surface area contributed by atoms with E-state index in [0.29, 0.717) is 17.0 Å². The van der Waals surface area contributed by atoms with Crippen LogP contribution in [0.3, 0.4) is 0 Å². The minimum Gasteiger partial charge on any atom is -0.507 e. The van der Waals surface area contributed by atoms with Crippen molar-refractivity contribution in [2.24, 2.45) is 5.10 Å². The molecule has 0 aromatic heterocycles. The number of methoxy groups -OCH3 is 1. The average molecular weight is 327 g/mol. The largest absolute Gasteiger partial charge is 0.507 e. The van der Waals surface area contributed by atoms with Gasteiger partial charge in [0.15, 0.2) is 0 Å². The summed E-state index contributed by atoms with van der Waals surface area (Å²) in [7, 11) is 1.49. The molecule has 0 radical (unpaired) electrons. The van der Waals surface area contributed by atoms with Crippen molar-refractivity contribution in [3.05, 3.63) is 54.1 Å². The van der Waals surface area contributed by atoms with Crippen LogP contribution in [-0.4, -0.2) is 30.2 Å². The molecular weight excluding hydrogens is 310 g/mol. The minimum atomic E-state index is -0.575. The van der Waals surface area contributed by atoms with Crippen molar-refractivity contribution in [2.75, 3.05) is 12.4 Å². The zero-order valence-electron chi connectivity index (χ0n) is 13.0. The van der Waals surface area contributed by atoms with E-state index >= 15 is 0 Å². The summed E-state index contributed by atoms with van der Waals surface area (Å²) in [6.07, 6.45) is 0.904. The first kappa shape index (κ1) is 17.0. The number of nitrogens with zero attached hydrogens (tertiary/aromatic N) is 1. The normalized spacial score (nSPS) is 10.4. The molecule has 0 aliphatic rings. The van der Waals surface area contributed by atoms with Gasteiger partial charge in [-0.05, 0) is 24.3 Å². The second-order valence-electron chi connectivity index (χ2n) is 4.78. The Morgan fingerprint density at radius 1 is 1.12 bits per heavy atom. The predicted octanol–water partition coefficient (Wildman–Crippen LogP) is 1.88. The molecule has 2 aromatic rings. The van der Waals surface area contributed by atoms with Crippen molar-refractivity contribution < 1.29 is 19.4 Å². The van der Waals surface area contributed by atoms with Crippen molar-refractivity contribution in [2.45, 2.75) is 6.42 Å². The van der Waals surface area contributed by atoms with Gasteiger partial charge < -0.3 is 15.2 Å². The second-order valence-corrected chi connectivity index (χ2v) is 4.78. The van der Waals surface area contributed by atoms with Gasteiger partial charge in [0, 0.05) is 5.56 Å². The zero-order valence-corrected chi connectivity index (χ0v) is 13.0. The van der Waals surface area contributed by atoms with E-state index in [1.54, 1.807) is 42.5 Å². The van der Waals surface area contributed by atoms with Gasteiger partial charge in [0.1, 0.15) is 17.9 Å². The van der Waals surface area contributed by atoms with E-state index in [-0.39, 0.29) is 5.75 Å². The van der Waals surface area contributed by atoms with E-state index in [4.69, 9.17) is 4.74 Å². The number of carbonyl (C=O) groups is 2. The highest BCUT2D eigenvalue weighted by molar-refractivity contribution is 6.04. The zero-order chi connectivity index (χ0) is 17.4. The lowest BCUT2D eigenvalue weighted by Gasteiger charge is -2.09. The van der Waals surface area contributed by atoms with Gasteiger partial charge in [-0.15, -0.1) is 0 Å². The summed E-state index contributed by atoms with van der Waals surface area (Å²) in [5, 5.41) is 15.9. The fourth-order valence-electron chi connectivity index (χ4n) is 1.90. The molecule has 0 heterocycles. The standard InChI is InChI=1S/C17H17N3O4/c1-24-15-9-5-3-7-13(15)19-16(22)10-17(23)20-18-11-12-6-2-4-8-14(12)21/h2-9,11,21H,10H2,1H3,(H,19,22)(H,20,23)/b18-11+. The Kier molecular flexibility index (Phi) is 5.90. The number of hydrogen-bond acceptors (Lipinski definition) is 5. The van der Waals surface area contributed by atoms with Gasteiger partial charge >= 0.3 is 0 Å². The number of hydrogen-bond donors (Lipinski definition) is 3. The van der Waals surface area contributed by atoms with Crippen molar-refractivity contribution in [3.63, 3.8) is 0 Å². The number of ether oxygens (including phenoxy) is 1. The average Bonchev–Trinajstić information content (AvgIpc) is 2.57. The van der Waals surface area contributed by atoms with E-state index in [0.717, 1.165) is 0 Å². The smallest absolute Gasteiger partial charge is 0.249 e. The van der Waals surface area contributed by atoms with Crippen LogP contribution >= 0.6 is 0 Å². The lowest BCUT2D eigenvalue weighted by Crippen LogP contribution is -2.24. The van der Waals surface area contributed by atoms with Crippen LogP contribution in [-0.2, 0) is 9.59 Å². The van der Waals surface area contributed by atoms with E-state index < -0.39 is 18.2 Å². The Bertz CT molecular complexity index is 759. The first-order valence-corrected chi connectivity index (χ1v) is 7.13. The Morgan fingerprint density at radius 3 is 2.58 bits per heavy atom. The fourth-order valence-corrected chi connectivity index (χ4v) is 1.90. The number of carbonyl (C=O) groups excluding carboxylic acids is 2. The number of aromatic hydroxyl groups is 1. The van der Waals surface area contributed by atoms with E-state index in [1.807, 2.05) is 0 Å². The molecule has 0 atom stereocenters. The van der Waals surface area contributed by atoms with Crippen LogP contribution in [0.4, 0.5) is 5.69 Å². The van der Waals surface area contributed by atoms with Crippen LogP contribution in [0.1, 0.15) is 12.0 Å². The Hall–Kier alpha value is -3.35. The van der Waals surface area contributed by atoms with Crippen molar-refractivity contribution in [1.82, 2.24) is 5.43 Å². The van der Waals surface area contributed by atoms with Gasteiger partial charge in [0.05, 0.1) is 19.0 Å². The molecule has 0 aliphatic carbocycles. The summed E-state index contributed by atoms with van der Waals surface area (Å²) in [5.74, 6) is -0.517. The molecule has 0 fully saturated rings. The van der Waals surface area contributed by atoms with Crippen molar-refractivity contribution in [3.8, 4) is 11.5 Å². The van der Waals surface area contributed by atoms with Crippen LogP contribution in [0.25, 0.3) is 0 Å². The van der Waals surface area contributed by atoms with Gasteiger partial charge in [-0.3, -0.25) is 9.59 Å². The number of anilines is 1. The molecule has 2 aromatic carbocycles. The SMILES string of the molecule is COc1ccccc1NC(=O)CC(=O)N/N=C/c1ccccc1O. The van der Waals surface area contributed by atoms with Crippen LogP contribution < -0.4 is 15.5 Å². The molecule has 24 heavy (non-hydrogen) atoms. The number of nitrogens with one attached hydrogen (secondary N) is 2. The summed E-state index contributed by atoms with van der Waals surface area (Å²) >= 11 is 0. The highest BCUT2D eigenvalue weighted by Gasteiger charge is 2.11. The Balaban J connectivity index is 1.86. The summed E-state index contributed by atoms with van der Waals surface area (Å²) < 4.78 is 5.11. The van der Waals surface area contributed by atoms with Gasteiger partial charge in [0.25, 0.3) is 0 Å². The molecular formula is C17H17N3O4. The minimum absolute atomic E-state index is 0.0458. The fraction of sp³-hybridized carbons (Fsp3) is 0.118. The summed E-state index contributed by atoms with van der Waals surface area (Å²) in [5.41, 5.74) is 3.17. The van der Waals surface area contributed by atoms with Gasteiger partial charge in [-0.1, -0.05) is 24.3 Å². The van der Waals surface area contributed by atoms with E-state index in [9.17, 15) is 14.7 Å². The number of amides is 2. The first-order valence-electron chi connectivity index (χ1n) is 7.13. The van der Waals surface area contributed by atoms with Gasteiger partial charge in [0.2, 0.25) is 11.8 Å². The molecule has 0 saturated carbocycles. The van der Waals surface area contributed by atoms with E-state index in [2.05, 4.69) is 15.8 Å². The number of benzene rings is 2. The number of phenolic OH excluding ortho intramolecular Hbond substituents is 1. The van der Waals surface area contributed by atoms with Crippen LogP contribution in [0.2, 0.25) is 0 Å². The molecule has 0 saturated heterocycles. The van der Waals surface area contributed by atoms with Gasteiger partial charge in [-0.2, -0.15) is 5.10 Å². The third kappa shape index (κ3) is 4.84. The highest BCUT2D eigenvalue weighted by atomic mass is 16.5. The topological polar surface area (TPSA) is 100 Å². The number of phenols is 1. The molecule has 7 heteroatoms. The molecule has 2 rings (SSSR count). The third-order valence-corrected chi connectivity index (χ3v) is 3.03. The lowest BCUT2D eigenvalue weighted by atomic mass is 10.2. The summed E-state index contributed by atoms with van der Waals surface area (Å²) in [6.45, 7) is 0. The third-order valence-electron chi connectivity index (χ3n) is 3.03. The maximum Gasteiger partial charge on any atom is 0.249 e. The van der Waals surface area contributed by atoms with Crippen molar-refractivity contribution >= 4 is 23.7 Å². The first-order chi connectivity index (χ1) is 11.6. The molecule has 0 bridgehead atoms. The maximum atomic E-state index is 11.9. The Morgan fingerprint density at radius 2 is 1.83 bits per heavy atom. The van der Waals surface area contributed by atoms with Gasteiger partial charge in [-0.25, -0.2) is 5.43 Å². The quantitative estimate of drug-likeness (QED) is 0.428. The number of rotatable bonds is 6. The molecule has 0 unspecified atom stereocenters. The molecule has 7 nitrogen and oxygen atoms in total. The predicted molar refractivity (Wildman–Crippen MR) is 90.1 cm³/mol.